The SMILES string of the molecule is Cc1nn(C2CCS(=O)(=O)C2)c(Cl)c1/C=C/C(=O)OCC(=O)NCc1cccs1. The molecule has 1 N–H and O–H groups in total. The van der Waals surface area contributed by atoms with E-state index < -0.39 is 21.7 Å². The number of amides is 1. The normalized spacial score (nSPS) is 18.2. The molecule has 1 saturated heterocycles. The van der Waals surface area contributed by atoms with Crippen molar-refractivity contribution in [3.63, 3.8) is 0 Å². The van der Waals surface area contributed by atoms with Crippen molar-refractivity contribution in [2.75, 3.05) is 18.1 Å². The number of nitrogens with zero attached hydrogens (tertiary/aromatic N) is 2. The maximum atomic E-state index is 11.9. The number of aromatic nitrogens is 2. The maximum absolute atomic E-state index is 11.9. The van der Waals surface area contributed by atoms with E-state index in [0.29, 0.717) is 24.2 Å². The summed E-state index contributed by atoms with van der Waals surface area (Å²) in [7, 11) is -3.07. The summed E-state index contributed by atoms with van der Waals surface area (Å²) in [6.07, 6.45) is 3.07. The molecule has 0 aliphatic carbocycles. The molecule has 8 nitrogen and oxygen atoms in total. The van der Waals surface area contributed by atoms with Crippen LogP contribution in [0.15, 0.2) is 23.6 Å². The molecule has 0 aromatic carbocycles. The first kappa shape index (κ1) is 21.5. The first-order valence-electron chi connectivity index (χ1n) is 8.84. The van der Waals surface area contributed by atoms with Crippen molar-refractivity contribution in [2.24, 2.45) is 0 Å². The first-order chi connectivity index (χ1) is 13.7. The van der Waals surface area contributed by atoms with Gasteiger partial charge in [-0.1, -0.05) is 17.7 Å². The van der Waals surface area contributed by atoms with Crippen LogP contribution in [-0.2, 0) is 30.7 Å². The number of sulfone groups is 1. The van der Waals surface area contributed by atoms with E-state index in [2.05, 4.69) is 10.4 Å². The summed E-state index contributed by atoms with van der Waals surface area (Å²) in [6, 6.07) is 3.47. The van der Waals surface area contributed by atoms with Crippen molar-refractivity contribution in [1.29, 1.82) is 0 Å². The third-order valence-corrected chi connectivity index (χ3v) is 7.40. The predicted octanol–water partition coefficient (Wildman–Crippen LogP) is 2.14. The van der Waals surface area contributed by atoms with E-state index in [1.807, 2.05) is 17.5 Å². The summed E-state index contributed by atoms with van der Waals surface area (Å²) in [4.78, 5) is 24.6. The Morgan fingerprint density at radius 1 is 1.48 bits per heavy atom. The molecule has 3 rings (SSSR count). The van der Waals surface area contributed by atoms with Gasteiger partial charge in [-0.3, -0.25) is 4.79 Å². The van der Waals surface area contributed by atoms with Gasteiger partial charge in [-0.2, -0.15) is 5.10 Å². The van der Waals surface area contributed by atoms with Gasteiger partial charge < -0.3 is 10.1 Å². The van der Waals surface area contributed by atoms with Crippen LogP contribution in [0.4, 0.5) is 0 Å². The van der Waals surface area contributed by atoms with Crippen LogP contribution in [0, 0.1) is 6.92 Å². The van der Waals surface area contributed by atoms with Crippen LogP contribution in [0.2, 0.25) is 5.15 Å². The molecule has 0 spiro atoms. The van der Waals surface area contributed by atoms with Gasteiger partial charge in [-0.25, -0.2) is 17.9 Å². The second kappa shape index (κ2) is 9.10. The predicted molar refractivity (Wildman–Crippen MR) is 110 cm³/mol. The second-order valence-electron chi connectivity index (χ2n) is 6.59. The van der Waals surface area contributed by atoms with Crippen LogP contribution < -0.4 is 5.32 Å². The number of rotatable bonds is 7. The molecule has 0 radical (unpaired) electrons. The zero-order valence-electron chi connectivity index (χ0n) is 15.6. The van der Waals surface area contributed by atoms with Crippen molar-refractivity contribution in [3.05, 3.63) is 44.9 Å². The van der Waals surface area contributed by atoms with E-state index in [9.17, 15) is 18.0 Å². The zero-order valence-corrected chi connectivity index (χ0v) is 18.0. The monoisotopic (exact) mass is 457 g/mol. The molecule has 29 heavy (non-hydrogen) atoms. The fourth-order valence-electron chi connectivity index (χ4n) is 2.92. The summed E-state index contributed by atoms with van der Waals surface area (Å²) in [5.41, 5.74) is 1.08. The Hall–Kier alpha value is -2.17. The van der Waals surface area contributed by atoms with Crippen LogP contribution in [0.3, 0.4) is 0 Å². The number of nitrogens with one attached hydrogen (secondary N) is 1. The standard InChI is InChI=1S/C18H20ClN3O5S2/c1-12-15(18(19)22(21-12)13-6-8-29(25,26)11-13)4-5-17(24)27-10-16(23)20-9-14-3-2-7-28-14/h2-5,7,13H,6,8-11H2,1H3,(H,20,23)/b5-4+. The van der Waals surface area contributed by atoms with Gasteiger partial charge in [0.2, 0.25) is 0 Å². The molecule has 3 heterocycles. The molecule has 2 aromatic heterocycles. The molecular formula is C18H20ClN3O5S2. The second-order valence-corrected chi connectivity index (χ2v) is 10.2. The minimum atomic E-state index is -3.07. The largest absolute Gasteiger partial charge is 0.452 e. The lowest BCUT2D eigenvalue weighted by atomic mass is 10.2. The molecule has 156 valence electrons. The smallest absolute Gasteiger partial charge is 0.331 e. The number of hydrogen-bond donors (Lipinski definition) is 1. The van der Waals surface area contributed by atoms with Gasteiger partial charge >= 0.3 is 5.97 Å². The minimum Gasteiger partial charge on any atom is -0.452 e. The lowest BCUT2D eigenvalue weighted by molar-refractivity contribution is -0.143. The molecule has 1 aliphatic heterocycles. The topological polar surface area (TPSA) is 107 Å². The average molecular weight is 458 g/mol. The summed E-state index contributed by atoms with van der Waals surface area (Å²) in [5.74, 6) is -0.981. The van der Waals surface area contributed by atoms with Crippen molar-refractivity contribution >= 4 is 50.7 Å². The molecule has 1 fully saturated rings. The minimum absolute atomic E-state index is 0.000377. The first-order valence-corrected chi connectivity index (χ1v) is 11.9. The Morgan fingerprint density at radius 3 is 2.93 bits per heavy atom. The molecule has 2 aromatic rings. The van der Waals surface area contributed by atoms with Crippen LogP contribution >= 0.6 is 22.9 Å². The van der Waals surface area contributed by atoms with Gasteiger partial charge in [0, 0.05) is 16.5 Å². The highest BCUT2D eigenvalue weighted by atomic mass is 35.5. The summed E-state index contributed by atoms with van der Waals surface area (Å²) in [5, 5.41) is 9.15. The van der Waals surface area contributed by atoms with E-state index in [4.69, 9.17) is 16.3 Å². The number of carbonyl (C=O) groups excluding carboxylic acids is 2. The fraction of sp³-hybridized carbons (Fsp3) is 0.389. The molecule has 0 bridgehead atoms. The third kappa shape index (κ3) is 5.68. The molecule has 1 aliphatic rings. The molecule has 11 heteroatoms. The van der Waals surface area contributed by atoms with Crippen LogP contribution in [-0.4, -0.2) is 48.2 Å². The highest BCUT2D eigenvalue weighted by Gasteiger charge is 2.31. The number of aryl methyl sites for hydroxylation is 1. The van der Waals surface area contributed by atoms with E-state index in [1.165, 1.54) is 22.1 Å². The van der Waals surface area contributed by atoms with Crippen molar-refractivity contribution in [2.45, 2.75) is 25.9 Å². The molecule has 1 atom stereocenters. The van der Waals surface area contributed by atoms with Crippen LogP contribution in [0.5, 0.6) is 0 Å². The molecule has 1 unspecified atom stereocenters. The number of carbonyl (C=O) groups is 2. The average Bonchev–Trinajstić information content (AvgIpc) is 3.37. The van der Waals surface area contributed by atoms with Gasteiger partial charge in [0.15, 0.2) is 16.4 Å². The van der Waals surface area contributed by atoms with Crippen LogP contribution in [0.25, 0.3) is 6.08 Å². The maximum Gasteiger partial charge on any atom is 0.331 e. The Kier molecular flexibility index (Phi) is 6.76. The Morgan fingerprint density at radius 2 is 2.28 bits per heavy atom. The van der Waals surface area contributed by atoms with Gasteiger partial charge in [-0.15, -0.1) is 11.3 Å². The summed E-state index contributed by atoms with van der Waals surface area (Å²) in [6.45, 7) is 1.71. The van der Waals surface area contributed by atoms with Gasteiger partial charge in [-0.05, 0) is 30.9 Å². The van der Waals surface area contributed by atoms with Crippen molar-refractivity contribution < 1.29 is 22.7 Å². The van der Waals surface area contributed by atoms with E-state index >= 15 is 0 Å². The summed E-state index contributed by atoms with van der Waals surface area (Å²) < 4.78 is 29.8. The Bertz CT molecular complexity index is 1030. The Labute approximate surface area is 177 Å². The Balaban J connectivity index is 1.54. The van der Waals surface area contributed by atoms with E-state index in [-0.39, 0.29) is 29.3 Å². The quantitative estimate of drug-likeness (QED) is 0.504. The van der Waals surface area contributed by atoms with Crippen molar-refractivity contribution in [3.8, 4) is 0 Å². The van der Waals surface area contributed by atoms with E-state index in [1.54, 1.807) is 6.92 Å². The fourth-order valence-corrected chi connectivity index (χ4v) is 5.63. The third-order valence-electron chi connectivity index (χ3n) is 4.40. The highest BCUT2D eigenvalue weighted by molar-refractivity contribution is 7.91. The van der Waals surface area contributed by atoms with Gasteiger partial charge in [0.25, 0.3) is 5.91 Å². The zero-order chi connectivity index (χ0) is 21.0. The van der Waals surface area contributed by atoms with Crippen LogP contribution in [0.1, 0.15) is 28.6 Å². The number of ether oxygens (including phenoxy) is 1. The van der Waals surface area contributed by atoms with Gasteiger partial charge in [0.05, 0.1) is 29.8 Å². The molecular weight excluding hydrogens is 438 g/mol. The number of esters is 1. The number of thiophene rings is 1. The molecule has 0 saturated carbocycles. The van der Waals surface area contributed by atoms with Gasteiger partial charge in [0.1, 0.15) is 5.15 Å². The lowest BCUT2D eigenvalue weighted by Crippen LogP contribution is -2.27. The lowest BCUT2D eigenvalue weighted by Gasteiger charge is -2.09. The summed E-state index contributed by atoms with van der Waals surface area (Å²) >= 11 is 7.86. The number of halogens is 1. The molecule has 1 amide bonds. The highest BCUT2D eigenvalue weighted by Crippen LogP contribution is 2.30. The van der Waals surface area contributed by atoms with Crippen molar-refractivity contribution in [1.82, 2.24) is 15.1 Å². The van der Waals surface area contributed by atoms with E-state index in [0.717, 1.165) is 11.0 Å². The number of hydrogen-bond acceptors (Lipinski definition) is 7.